The van der Waals surface area contributed by atoms with Crippen molar-refractivity contribution in [2.75, 3.05) is 33.2 Å². The van der Waals surface area contributed by atoms with Crippen molar-refractivity contribution < 1.29 is 0 Å². The van der Waals surface area contributed by atoms with Crippen LogP contribution in [0.15, 0.2) is 48.8 Å². The normalized spacial score (nSPS) is 16.4. The van der Waals surface area contributed by atoms with Crippen molar-refractivity contribution in [1.82, 2.24) is 15.2 Å². The van der Waals surface area contributed by atoms with E-state index in [1.807, 2.05) is 19.4 Å². The second kappa shape index (κ2) is 8.95. The van der Waals surface area contributed by atoms with Gasteiger partial charge in [0.05, 0.1) is 0 Å². The molecule has 2 heterocycles. The Hall–Kier alpha value is -1.71. The maximum atomic E-state index is 4.10. The Kier molecular flexibility index (Phi) is 6.39. The lowest BCUT2D eigenvalue weighted by Gasteiger charge is -2.33. The predicted molar refractivity (Wildman–Crippen MR) is 100 cm³/mol. The molecule has 0 aliphatic carbocycles. The number of nitrogens with zero attached hydrogens (tertiary/aromatic N) is 2. The molecule has 1 aliphatic rings. The standard InChI is InChI=1S/C21H29N3/c1-22-12-8-19-4-2-3-5-21(19)20-10-16-24(17-11-20)15-9-18-6-13-23-14-7-18/h2-7,13-14,20,22H,8-12,15-17H2,1H3. The molecule has 3 nitrogen and oxygen atoms in total. The lowest BCUT2D eigenvalue weighted by molar-refractivity contribution is 0.214. The summed E-state index contributed by atoms with van der Waals surface area (Å²) in [6.07, 6.45) is 8.62. The number of pyridine rings is 1. The van der Waals surface area contributed by atoms with Crippen molar-refractivity contribution in [3.8, 4) is 0 Å². The Morgan fingerprint density at radius 1 is 1.04 bits per heavy atom. The van der Waals surface area contributed by atoms with Gasteiger partial charge in [0, 0.05) is 18.9 Å². The first-order valence-electron chi connectivity index (χ1n) is 9.20. The van der Waals surface area contributed by atoms with Gasteiger partial charge in [-0.25, -0.2) is 0 Å². The molecule has 0 amide bonds. The minimum Gasteiger partial charge on any atom is -0.319 e. The molecule has 1 saturated heterocycles. The van der Waals surface area contributed by atoms with Crippen LogP contribution < -0.4 is 5.32 Å². The van der Waals surface area contributed by atoms with E-state index in [9.17, 15) is 0 Å². The van der Waals surface area contributed by atoms with E-state index in [2.05, 4.69) is 51.6 Å². The van der Waals surface area contributed by atoms with Crippen LogP contribution in [0.4, 0.5) is 0 Å². The number of hydrogen-bond acceptors (Lipinski definition) is 3. The fourth-order valence-corrected chi connectivity index (χ4v) is 3.72. The lowest BCUT2D eigenvalue weighted by atomic mass is 9.85. The van der Waals surface area contributed by atoms with Gasteiger partial charge in [-0.05, 0) is 87.1 Å². The van der Waals surface area contributed by atoms with Crippen LogP contribution in [0, 0.1) is 0 Å². The van der Waals surface area contributed by atoms with E-state index in [1.165, 1.54) is 37.1 Å². The molecule has 3 rings (SSSR count). The highest BCUT2D eigenvalue weighted by atomic mass is 15.1. The third kappa shape index (κ3) is 4.65. The maximum Gasteiger partial charge on any atom is 0.0270 e. The van der Waals surface area contributed by atoms with Crippen LogP contribution in [0.3, 0.4) is 0 Å². The van der Waals surface area contributed by atoms with E-state index >= 15 is 0 Å². The highest BCUT2D eigenvalue weighted by Crippen LogP contribution is 2.30. The van der Waals surface area contributed by atoms with Crippen molar-refractivity contribution in [3.05, 3.63) is 65.5 Å². The number of likely N-dealkylation sites (tertiary alicyclic amines) is 1. The van der Waals surface area contributed by atoms with Gasteiger partial charge in [-0.15, -0.1) is 0 Å². The van der Waals surface area contributed by atoms with Crippen molar-refractivity contribution in [1.29, 1.82) is 0 Å². The van der Waals surface area contributed by atoms with Gasteiger partial charge in [0.1, 0.15) is 0 Å². The zero-order chi connectivity index (χ0) is 16.6. The zero-order valence-corrected chi connectivity index (χ0v) is 14.7. The molecule has 0 atom stereocenters. The molecule has 1 aliphatic heterocycles. The van der Waals surface area contributed by atoms with E-state index in [0.717, 1.165) is 31.8 Å². The first-order valence-corrected chi connectivity index (χ1v) is 9.20. The molecule has 2 aromatic rings. The van der Waals surface area contributed by atoms with Crippen molar-refractivity contribution in [3.63, 3.8) is 0 Å². The van der Waals surface area contributed by atoms with Gasteiger partial charge >= 0.3 is 0 Å². The first-order chi connectivity index (χ1) is 11.9. The average Bonchev–Trinajstić information content (AvgIpc) is 2.66. The van der Waals surface area contributed by atoms with E-state index < -0.39 is 0 Å². The van der Waals surface area contributed by atoms with Crippen LogP contribution in [-0.4, -0.2) is 43.1 Å². The number of rotatable bonds is 7. The van der Waals surface area contributed by atoms with Crippen LogP contribution >= 0.6 is 0 Å². The van der Waals surface area contributed by atoms with E-state index in [0.29, 0.717) is 0 Å². The molecule has 24 heavy (non-hydrogen) atoms. The monoisotopic (exact) mass is 323 g/mol. The number of aromatic nitrogens is 1. The van der Waals surface area contributed by atoms with Crippen LogP contribution in [0.1, 0.15) is 35.4 Å². The second-order valence-corrected chi connectivity index (χ2v) is 6.77. The summed E-state index contributed by atoms with van der Waals surface area (Å²) in [5.74, 6) is 0.732. The molecule has 128 valence electrons. The van der Waals surface area contributed by atoms with Crippen LogP contribution in [0.2, 0.25) is 0 Å². The molecule has 0 bridgehead atoms. The number of nitrogens with one attached hydrogen (secondary N) is 1. The van der Waals surface area contributed by atoms with Crippen molar-refractivity contribution in [2.45, 2.75) is 31.6 Å². The summed E-state index contributed by atoms with van der Waals surface area (Å²) in [6, 6.07) is 13.3. The number of benzene rings is 1. The molecule has 3 heteroatoms. The summed E-state index contributed by atoms with van der Waals surface area (Å²) < 4.78 is 0. The molecule has 1 aromatic carbocycles. The minimum absolute atomic E-state index is 0.732. The topological polar surface area (TPSA) is 28.2 Å². The molecule has 0 radical (unpaired) electrons. The zero-order valence-electron chi connectivity index (χ0n) is 14.7. The smallest absolute Gasteiger partial charge is 0.0270 e. The van der Waals surface area contributed by atoms with Gasteiger partial charge in [0.15, 0.2) is 0 Å². The summed E-state index contributed by atoms with van der Waals surface area (Å²) in [5, 5.41) is 3.27. The average molecular weight is 323 g/mol. The highest BCUT2D eigenvalue weighted by Gasteiger charge is 2.21. The number of likely N-dealkylation sites (N-methyl/N-ethyl adjacent to an activating group) is 1. The number of piperidine rings is 1. The van der Waals surface area contributed by atoms with Gasteiger partial charge < -0.3 is 10.2 Å². The van der Waals surface area contributed by atoms with Crippen molar-refractivity contribution in [2.24, 2.45) is 0 Å². The van der Waals surface area contributed by atoms with Crippen LogP contribution in [-0.2, 0) is 12.8 Å². The molecule has 1 aromatic heterocycles. The third-order valence-electron chi connectivity index (χ3n) is 5.19. The fourth-order valence-electron chi connectivity index (χ4n) is 3.72. The van der Waals surface area contributed by atoms with Crippen LogP contribution in [0.25, 0.3) is 0 Å². The third-order valence-corrected chi connectivity index (χ3v) is 5.19. The molecular formula is C21H29N3. The number of hydrogen-bond donors (Lipinski definition) is 1. The molecule has 1 fully saturated rings. The maximum absolute atomic E-state index is 4.10. The fraction of sp³-hybridized carbons (Fsp3) is 0.476. The van der Waals surface area contributed by atoms with E-state index in [4.69, 9.17) is 0 Å². The van der Waals surface area contributed by atoms with Crippen LogP contribution in [0.5, 0.6) is 0 Å². The van der Waals surface area contributed by atoms with Gasteiger partial charge in [-0.1, -0.05) is 24.3 Å². The Morgan fingerprint density at radius 2 is 1.79 bits per heavy atom. The second-order valence-electron chi connectivity index (χ2n) is 6.77. The Bertz CT molecular complexity index is 603. The summed E-state index contributed by atoms with van der Waals surface area (Å²) in [4.78, 5) is 6.71. The summed E-state index contributed by atoms with van der Waals surface area (Å²) in [7, 11) is 2.03. The SMILES string of the molecule is CNCCc1ccccc1C1CCN(CCc2ccncc2)CC1. The Balaban J connectivity index is 1.52. The first kappa shape index (κ1) is 17.1. The molecule has 1 N–H and O–H groups in total. The summed E-state index contributed by atoms with van der Waals surface area (Å²) in [5.41, 5.74) is 4.51. The van der Waals surface area contributed by atoms with Gasteiger partial charge in [-0.3, -0.25) is 4.98 Å². The molecule has 0 spiro atoms. The summed E-state index contributed by atoms with van der Waals surface area (Å²) in [6.45, 7) is 4.66. The van der Waals surface area contributed by atoms with E-state index in [-0.39, 0.29) is 0 Å². The van der Waals surface area contributed by atoms with Gasteiger partial charge in [0.2, 0.25) is 0 Å². The van der Waals surface area contributed by atoms with Gasteiger partial charge in [0.25, 0.3) is 0 Å². The predicted octanol–water partition coefficient (Wildman–Crippen LogP) is 3.27. The van der Waals surface area contributed by atoms with Crippen molar-refractivity contribution >= 4 is 0 Å². The van der Waals surface area contributed by atoms with Gasteiger partial charge in [-0.2, -0.15) is 0 Å². The Morgan fingerprint density at radius 3 is 2.54 bits per heavy atom. The Labute approximate surface area is 146 Å². The minimum atomic E-state index is 0.732. The molecule has 0 unspecified atom stereocenters. The largest absolute Gasteiger partial charge is 0.319 e. The lowest BCUT2D eigenvalue weighted by Crippen LogP contribution is -2.34. The molecular weight excluding hydrogens is 294 g/mol. The summed E-state index contributed by atoms with van der Waals surface area (Å²) >= 11 is 0. The quantitative estimate of drug-likeness (QED) is 0.848. The highest BCUT2D eigenvalue weighted by molar-refractivity contribution is 5.31. The molecule has 0 saturated carbocycles. The van der Waals surface area contributed by atoms with E-state index in [1.54, 1.807) is 5.56 Å².